The number of benzene rings is 2. The Labute approximate surface area is 125 Å². The molecule has 0 amide bonds. The SMILES string of the molecule is O=C(O)c1ccc(NCc2cccc(Cl)c2)cc1C(=O)O. The van der Waals surface area contributed by atoms with Gasteiger partial charge in [-0.25, -0.2) is 9.59 Å². The lowest BCUT2D eigenvalue weighted by Gasteiger charge is -2.09. The summed E-state index contributed by atoms with van der Waals surface area (Å²) in [6.45, 7) is 0.450. The Hall–Kier alpha value is -2.53. The molecule has 21 heavy (non-hydrogen) atoms. The molecule has 0 unspecified atom stereocenters. The van der Waals surface area contributed by atoms with Crippen LogP contribution in [0.25, 0.3) is 0 Å². The molecule has 0 saturated heterocycles. The van der Waals surface area contributed by atoms with Crippen LogP contribution in [0.15, 0.2) is 42.5 Å². The van der Waals surface area contributed by atoms with E-state index in [-0.39, 0.29) is 11.1 Å². The zero-order chi connectivity index (χ0) is 15.4. The quantitative estimate of drug-likeness (QED) is 0.788. The van der Waals surface area contributed by atoms with Crippen molar-refractivity contribution in [2.75, 3.05) is 5.32 Å². The first-order valence-electron chi connectivity index (χ1n) is 6.06. The zero-order valence-corrected chi connectivity index (χ0v) is 11.6. The molecule has 0 atom stereocenters. The van der Waals surface area contributed by atoms with Crippen LogP contribution in [-0.2, 0) is 6.54 Å². The van der Waals surface area contributed by atoms with E-state index in [0.717, 1.165) is 5.56 Å². The summed E-state index contributed by atoms with van der Waals surface area (Å²) in [5.74, 6) is -2.55. The Kier molecular flexibility index (Phi) is 4.45. The minimum atomic E-state index is -1.28. The van der Waals surface area contributed by atoms with Crippen LogP contribution < -0.4 is 5.32 Å². The standard InChI is InChI=1S/C15H12ClNO4/c16-10-3-1-2-9(6-10)8-17-11-4-5-12(14(18)19)13(7-11)15(20)21/h1-7,17H,8H2,(H,18,19)(H,20,21). The molecule has 0 aliphatic rings. The number of carboxylic acids is 2. The summed E-state index contributed by atoms with van der Waals surface area (Å²) in [6, 6.07) is 11.3. The van der Waals surface area contributed by atoms with Gasteiger partial charge in [-0.3, -0.25) is 0 Å². The molecule has 2 aromatic carbocycles. The van der Waals surface area contributed by atoms with Crippen molar-refractivity contribution >= 4 is 29.2 Å². The van der Waals surface area contributed by atoms with Gasteiger partial charge in [-0.15, -0.1) is 0 Å². The highest BCUT2D eigenvalue weighted by molar-refractivity contribution is 6.30. The molecule has 0 saturated carbocycles. The molecule has 0 spiro atoms. The molecule has 6 heteroatoms. The molecule has 0 aromatic heterocycles. The van der Waals surface area contributed by atoms with E-state index in [1.165, 1.54) is 18.2 Å². The third-order valence-electron chi connectivity index (χ3n) is 2.87. The Bertz CT molecular complexity index is 700. The summed E-state index contributed by atoms with van der Waals surface area (Å²) in [4.78, 5) is 22.0. The first kappa shape index (κ1) is 14.9. The molecule has 0 aliphatic heterocycles. The molecular formula is C15H12ClNO4. The van der Waals surface area contributed by atoms with Crippen molar-refractivity contribution in [3.05, 3.63) is 64.2 Å². The number of halogens is 1. The normalized spacial score (nSPS) is 10.1. The lowest BCUT2D eigenvalue weighted by Crippen LogP contribution is -2.09. The number of anilines is 1. The molecule has 108 valence electrons. The summed E-state index contributed by atoms with van der Waals surface area (Å²) < 4.78 is 0. The van der Waals surface area contributed by atoms with Crippen LogP contribution in [-0.4, -0.2) is 22.2 Å². The molecule has 5 nitrogen and oxygen atoms in total. The van der Waals surface area contributed by atoms with Crippen molar-refractivity contribution in [1.82, 2.24) is 0 Å². The predicted molar refractivity (Wildman–Crippen MR) is 79.1 cm³/mol. The van der Waals surface area contributed by atoms with Crippen LogP contribution in [0.4, 0.5) is 5.69 Å². The Morgan fingerprint density at radius 2 is 1.71 bits per heavy atom. The van der Waals surface area contributed by atoms with E-state index in [1.807, 2.05) is 12.1 Å². The highest BCUT2D eigenvalue weighted by Crippen LogP contribution is 2.18. The van der Waals surface area contributed by atoms with Gasteiger partial charge in [-0.05, 0) is 35.9 Å². The second kappa shape index (κ2) is 6.28. The molecule has 0 fully saturated rings. The van der Waals surface area contributed by atoms with Gasteiger partial charge in [0.2, 0.25) is 0 Å². The van der Waals surface area contributed by atoms with Gasteiger partial charge >= 0.3 is 11.9 Å². The van der Waals surface area contributed by atoms with E-state index in [9.17, 15) is 9.59 Å². The van der Waals surface area contributed by atoms with Crippen molar-refractivity contribution in [3.63, 3.8) is 0 Å². The number of nitrogens with one attached hydrogen (secondary N) is 1. The summed E-state index contributed by atoms with van der Waals surface area (Å²) in [7, 11) is 0. The van der Waals surface area contributed by atoms with Crippen molar-refractivity contribution in [2.24, 2.45) is 0 Å². The Morgan fingerprint density at radius 3 is 2.33 bits per heavy atom. The first-order chi connectivity index (χ1) is 9.97. The van der Waals surface area contributed by atoms with E-state index in [4.69, 9.17) is 21.8 Å². The number of carbonyl (C=O) groups is 2. The van der Waals surface area contributed by atoms with Gasteiger partial charge in [-0.1, -0.05) is 23.7 Å². The van der Waals surface area contributed by atoms with Gasteiger partial charge in [-0.2, -0.15) is 0 Å². The van der Waals surface area contributed by atoms with Crippen LogP contribution in [0, 0.1) is 0 Å². The van der Waals surface area contributed by atoms with Gasteiger partial charge in [0.15, 0.2) is 0 Å². The Morgan fingerprint density at radius 1 is 1.00 bits per heavy atom. The second-order valence-corrected chi connectivity index (χ2v) is 4.79. The molecule has 0 heterocycles. The summed E-state index contributed by atoms with van der Waals surface area (Å²) in [5.41, 5.74) is 0.966. The van der Waals surface area contributed by atoms with Crippen molar-refractivity contribution in [2.45, 2.75) is 6.54 Å². The lowest BCUT2D eigenvalue weighted by molar-refractivity contribution is 0.0651. The molecule has 2 rings (SSSR count). The van der Waals surface area contributed by atoms with E-state index in [1.54, 1.807) is 12.1 Å². The van der Waals surface area contributed by atoms with Crippen LogP contribution >= 0.6 is 11.6 Å². The smallest absolute Gasteiger partial charge is 0.336 e. The number of hydrogen-bond donors (Lipinski definition) is 3. The summed E-state index contributed by atoms with van der Waals surface area (Å²) in [5, 5.41) is 21.6. The molecule has 0 bridgehead atoms. The first-order valence-corrected chi connectivity index (χ1v) is 6.44. The van der Waals surface area contributed by atoms with Crippen LogP contribution in [0.1, 0.15) is 26.3 Å². The summed E-state index contributed by atoms with van der Waals surface area (Å²) >= 11 is 5.88. The number of carboxylic acid groups (broad SMARTS) is 2. The average molecular weight is 306 g/mol. The maximum atomic E-state index is 11.1. The topological polar surface area (TPSA) is 86.6 Å². The van der Waals surface area contributed by atoms with Crippen LogP contribution in [0.5, 0.6) is 0 Å². The van der Waals surface area contributed by atoms with Crippen LogP contribution in [0.2, 0.25) is 5.02 Å². The molecule has 0 radical (unpaired) electrons. The van der Waals surface area contributed by atoms with Gasteiger partial charge in [0, 0.05) is 17.3 Å². The van der Waals surface area contributed by atoms with E-state index >= 15 is 0 Å². The zero-order valence-electron chi connectivity index (χ0n) is 10.8. The fourth-order valence-electron chi connectivity index (χ4n) is 1.87. The maximum Gasteiger partial charge on any atom is 0.336 e. The average Bonchev–Trinajstić information content (AvgIpc) is 2.44. The highest BCUT2D eigenvalue weighted by Gasteiger charge is 2.16. The third-order valence-corrected chi connectivity index (χ3v) is 3.10. The number of aromatic carboxylic acids is 2. The fraction of sp³-hybridized carbons (Fsp3) is 0.0667. The number of rotatable bonds is 5. The second-order valence-electron chi connectivity index (χ2n) is 4.35. The maximum absolute atomic E-state index is 11.1. The van der Waals surface area contributed by atoms with Gasteiger partial charge in [0.1, 0.15) is 0 Å². The monoisotopic (exact) mass is 305 g/mol. The van der Waals surface area contributed by atoms with Crippen molar-refractivity contribution in [3.8, 4) is 0 Å². The summed E-state index contributed by atoms with van der Waals surface area (Å²) in [6.07, 6.45) is 0. The molecule has 2 aromatic rings. The van der Waals surface area contributed by atoms with Gasteiger partial charge in [0.05, 0.1) is 11.1 Å². The van der Waals surface area contributed by atoms with Gasteiger partial charge < -0.3 is 15.5 Å². The fourth-order valence-corrected chi connectivity index (χ4v) is 2.08. The molecular weight excluding hydrogens is 294 g/mol. The third kappa shape index (κ3) is 3.73. The largest absolute Gasteiger partial charge is 0.478 e. The van der Waals surface area contributed by atoms with Gasteiger partial charge in [0.25, 0.3) is 0 Å². The van der Waals surface area contributed by atoms with Crippen LogP contribution in [0.3, 0.4) is 0 Å². The minimum absolute atomic E-state index is 0.240. The lowest BCUT2D eigenvalue weighted by atomic mass is 10.1. The molecule has 3 N–H and O–H groups in total. The van der Waals surface area contributed by atoms with E-state index in [2.05, 4.69) is 5.32 Å². The van der Waals surface area contributed by atoms with E-state index in [0.29, 0.717) is 17.3 Å². The number of hydrogen-bond acceptors (Lipinski definition) is 3. The molecule has 0 aliphatic carbocycles. The predicted octanol–water partition coefficient (Wildman–Crippen LogP) is 3.35. The van der Waals surface area contributed by atoms with E-state index < -0.39 is 11.9 Å². The van der Waals surface area contributed by atoms with Crippen molar-refractivity contribution < 1.29 is 19.8 Å². The highest BCUT2D eigenvalue weighted by atomic mass is 35.5. The Balaban J connectivity index is 2.19. The van der Waals surface area contributed by atoms with Crippen molar-refractivity contribution in [1.29, 1.82) is 0 Å². The minimum Gasteiger partial charge on any atom is -0.478 e.